The lowest BCUT2D eigenvalue weighted by molar-refractivity contribution is -0.121. The second-order valence-corrected chi connectivity index (χ2v) is 7.66. The van der Waals surface area contributed by atoms with Crippen molar-refractivity contribution < 1.29 is 9.53 Å². The largest absolute Gasteiger partial charge is 0.497 e. The average Bonchev–Trinajstić information content (AvgIpc) is 3.34. The van der Waals surface area contributed by atoms with Crippen LogP contribution in [0.5, 0.6) is 5.75 Å². The lowest BCUT2D eigenvalue weighted by Gasteiger charge is -2.05. The maximum Gasteiger partial charge on any atom is 0.220 e. The van der Waals surface area contributed by atoms with E-state index in [9.17, 15) is 4.79 Å². The van der Waals surface area contributed by atoms with Crippen LogP contribution in [-0.4, -0.2) is 28.9 Å². The first-order valence-electron chi connectivity index (χ1n) is 9.63. The zero-order valence-corrected chi connectivity index (χ0v) is 17.1. The van der Waals surface area contributed by atoms with Crippen LogP contribution in [0.2, 0.25) is 0 Å². The van der Waals surface area contributed by atoms with Crippen molar-refractivity contribution in [2.24, 2.45) is 0 Å². The maximum atomic E-state index is 12.2. The molecule has 2 aromatic heterocycles. The molecule has 2 aromatic carbocycles. The second-order valence-electron chi connectivity index (χ2n) is 6.82. The number of rotatable bonds is 8. The summed E-state index contributed by atoms with van der Waals surface area (Å²) in [6.45, 7) is 0.661. The van der Waals surface area contributed by atoms with E-state index in [4.69, 9.17) is 9.72 Å². The highest BCUT2D eigenvalue weighted by atomic mass is 32.1. The minimum atomic E-state index is 0.0794. The van der Waals surface area contributed by atoms with E-state index in [1.54, 1.807) is 18.4 Å². The number of carbonyl (C=O) groups excluding carboxylic acids is 1. The summed E-state index contributed by atoms with van der Waals surface area (Å²) in [5, 5.41) is 5.09. The van der Waals surface area contributed by atoms with Gasteiger partial charge in [0.25, 0.3) is 0 Å². The van der Waals surface area contributed by atoms with Gasteiger partial charge in [-0.1, -0.05) is 30.3 Å². The molecular weight excluding hydrogens is 382 g/mol. The number of amides is 1. The van der Waals surface area contributed by atoms with Crippen LogP contribution in [0.4, 0.5) is 0 Å². The Balaban J connectivity index is 1.34. The van der Waals surface area contributed by atoms with Gasteiger partial charge in [0.15, 0.2) is 4.96 Å². The molecule has 29 heavy (non-hydrogen) atoms. The van der Waals surface area contributed by atoms with Crippen molar-refractivity contribution in [3.63, 3.8) is 0 Å². The highest BCUT2D eigenvalue weighted by Gasteiger charge is 2.11. The van der Waals surface area contributed by atoms with Gasteiger partial charge in [-0.05, 0) is 42.7 Å². The van der Waals surface area contributed by atoms with Crippen molar-refractivity contribution in [2.75, 3.05) is 13.7 Å². The molecule has 0 fully saturated rings. The molecule has 0 aliphatic rings. The van der Waals surface area contributed by atoms with E-state index in [0.717, 1.165) is 34.1 Å². The van der Waals surface area contributed by atoms with Gasteiger partial charge in [0.05, 0.1) is 12.8 Å². The molecule has 0 radical (unpaired) electrons. The Morgan fingerprint density at radius 1 is 1.10 bits per heavy atom. The average molecular weight is 406 g/mol. The van der Waals surface area contributed by atoms with Crippen molar-refractivity contribution >= 4 is 22.2 Å². The number of carbonyl (C=O) groups is 1. The van der Waals surface area contributed by atoms with Crippen molar-refractivity contribution in [2.45, 2.75) is 19.3 Å². The van der Waals surface area contributed by atoms with Gasteiger partial charge in [-0.25, -0.2) is 4.98 Å². The quantitative estimate of drug-likeness (QED) is 0.474. The van der Waals surface area contributed by atoms with Crippen LogP contribution < -0.4 is 10.1 Å². The minimum absolute atomic E-state index is 0.0794. The molecular formula is C23H23N3O2S. The Labute approximate surface area is 174 Å². The number of aryl methyl sites for hydroxylation is 1. The molecule has 0 atom stereocenters. The maximum absolute atomic E-state index is 12.2. The number of fused-ring (bicyclic) bond motifs is 1. The van der Waals surface area contributed by atoms with Crippen molar-refractivity contribution in [3.8, 4) is 17.0 Å². The number of methoxy groups -OCH3 is 1. The van der Waals surface area contributed by atoms with Crippen molar-refractivity contribution in [1.29, 1.82) is 0 Å². The molecule has 0 saturated carbocycles. The van der Waals surface area contributed by atoms with Crippen LogP contribution in [0.15, 0.2) is 66.2 Å². The monoisotopic (exact) mass is 405 g/mol. The van der Waals surface area contributed by atoms with Gasteiger partial charge < -0.3 is 10.1 Å². The van der Waals surface area contributed by atoms with Crippen LogP contribution in [0, 0.1) is 0 Å². The number of nitrogens with one attached hydrogen (secondary N) is 1. The predicted octanol–water partition coefficient (Wildman–Crippen LogP) is 4.36. The van der Waals surface area contributed by atoms with Crippen LogP contribution >= 0.6 is 11.3 Å². The molecule has 4 aromatic rings. The standard InChI is InChI=1S/C23H23N3O2S/c1-28-20-10-7-18(8-11-20)21-15-26-19(16-29-23(26)25-21)9-12-22(27)24-14-13-17-5-3-2-4-6-17/h2-8,10-11,15-16H,9,12-14H2,1H3,(H,24,27). The Morgan fingerprint density at radius 2 is 1.90 bits per heavy atom. The molecule has 0 aliphatic carbocycles. The Hall–Kier alpha value is -3.12. The Bertz CT molecular complexity index is 1080. The van der Waals surface area contributed by atoms with Crippen LogP contribution in [0.3, 0.4) is 0 Å². The third kappa shape index (κ3) is 4.66. The summed E-state index contributed by atoms with van der Waals surface area (Å²) >= 11 is 1.60. The summed E-state index contributed by atoms with van der Waals surface area (Å²) in [6.07, 6.45) is 4.05. The third-order valence-corrected chi connectivity index (χ3v) is 5.74. The minimum Gasteiger partial charge on any atom is -0.497 e. The SMILES string of the molecule is COc1ccc(-c2cn3c(CCC(=O)NCCc4ccccc4)csc3n2)cc1. The lowest BCUT2D eigenvalue weighted by Crippen LogP contribution is -2.25. The first-order valence-corrected chi connectivity index (χ1v) is 10.5. The number of hydrogen-bond acceptors (Lipinski definition) is 4. The Morgan fingerprint density at radius 3 is 2.66 bits per heavy atom. The molecule has 1 amide bonds. The van der Waals surface area contributed by atoms with Gasteiger partial charge in [0, 0.05) is 35.8 Å². The molecule has 2 heterocycles. The van der Waals surface area contributed by atoms with E-state index >= 15 is 0 Å². The van der Waals surface area contributed by atoms with E-state index in [2.05, 4.69) is 27.2 Å². The summed E-state index contributed by atoms with van der Waals surface area (Å²) in [6, 6.07) is 18.1. The molecule has 148 valence electrons. The van der Waals surface area contributed by atoms with E-state index in [1.165, 1.54) is 5.56 Å². The summed E-state index contributed by atoms with van der Waals surface area (Å²) in [7, 11) is 1.66. The molecule has 4 rings (SSSR count). The summed E-state index contributed by atoms with van der Waals surface area (Å²) in [5.74, 6) is 0.907. The van der Waals surface area contributed by atoms with Crippen molar-refractivity contribution in [1.82, 2.24) is 14.7 Å². The fraction of sp³-hybridized carbons (Fsp3) is 0.217. The van der Waals surface area contributed by atoms with Gasteiger partial charge in [0.2, 0.25) is 5.91 Å². The summed E-state index contributed by atoms with van der Waals surface area (Å²) in [4.78, 5) is 17.9. The van der Waals surface area contributed by atoms with E-state index in [1.807, 2.05) is 48.7 Å². The molecule has 0 bridgehead atoms. The number of ether oxygens (including phenoxy) is 1. The van der Waals surface area contributed by atoms with Gasteiger partial charge in [0.1, 0.15) is 5.75 Å². The molecule has 0 saturated heterocycles. The van der Waals surface area contributed by atoms with Gasteiger partial charge in [-0.15, -0.1) is 11.3 Å². The third-order valence-electron chi connectivity index (χ3n) is 4.86. The van der Waals surface area contributed by atoms with E-state index in [0.29, 0.717) is 19.4 Å². The number of aromatic nitrogens is 2. The first kappa shape index (κ1) is 19.2. The number of thiazole rings is 1. The van der Waals surface area contributed by atoms with Crippen LogP contribution in [0.25, 0.3) is 16.2 Å². The van der Waals surface area contributed by atoms with E-state index in [-0.39, 0.29) is 5.91 Å². The molecule has 0 unspecified atom stereocenters. The summed E-state index contributed by atoms with van der Waals surface area (Å²) < 4.78 is 7.30. The molecule has 5 nitrogen and oxygen atoms in total. The predicted molar refractivity (Wildman–Crippen MR) is 117 cm³/mol. The fourth-order valence-corrected chi connectivity index (χ4v) is 4.14. The molecule has 0 aliphatic heterocycles. The fourth-order valence-electron chi connectivity index (χ4n) is 3.23. The smallest absolute Gasteiger partial charge is 0.220 e. The molecule has 0 spiro atoms. The van der Waals surface area contributed by atoms with Gasteiger partial charge in [-0.2, -0.15) is 0 Å². The normalized spacial score (nSPS) is 10.9. The van der Waals surface area contributed by atoms with Crippen LogP contribution in [-0.2, 0) is 17.6 Å². The number of nitrogens with zero attached hydrogens (tertiary/aromatic N) is 2. The molecule has 1 N–H and O–H groups in total. The highest BCUT2D eigenvalue weighted by Crippen LogP contribution is 2.25. The lowest BCUT2D eigenvalue weighted by atomic mass is 10.1. The van der Waals surface area contributed by atoms with Crippen molar-refractivity contribution in [3.05, 3.63) is 77.4 Å². The Kier molecular flexibility index (Phi) is 5.91. The summed E-state index contributed by atoms with van der Waals surface area (Å²) in [5.41, 5.74) is 4.31. The van der Waals surface area contributed by atoms with E-state index < -0.39 is 0 Å². The number of benzene rings is 2. The highest BCUT2D eigenvalue weighted by molar-refractivity contribution is 7.15. The van der Waals surface area contributed by atoms with Gasteiger partial charge >= 0.3 is 0 Å². The number of imidazole rings is 1. The zero-order chi connectivity index (χ0) is 20.1. The first-order chi connectivity index (χ1) is 14.2. The number of hydrogen-bond donors (Lipinski definition) is 1. The van der Waals surface area contributed by atoms with Gasteiger partial charge in [-0.3, -0.25) is 9.20 Å². The molecule has 6 heteroatoms. The van der Waals surface area contributed by atoms with Crippen LogP contribution in [0.1, 0.15) is 17.7 Å². The topological polar surface area (TPSA) is 55.6 Å². The second kappa shape index (κ2) is 8.92. The zero-order valence-electron chi connectivity index (χ0n) is 16.3.